The van der Waals surface area contributed by atoms with E-state index in [9.17, 15) is 4.79 Å². The molecule has 1 fully saturated rings. The first-order valence-corrected chi connectivity index (χ1v) is 10.7. The normalized spacial score (nSPS) is 14.8. The van der Waals surface area contributed by atoms with Gasteiger partial charge in [0.2, 0.25) is 0 Å². The van der Waals surface area contributed by atoms with Gasteiger partial charge in [0, 0.05) is 42.4 Å². The Morgan fingerprint density at radius 2 is 1.89 bits per heavy atom. The van der Waals surface area contributed by atoms with Gasteiger partial charge in [-0.15, -0.1) is 0 Å². The molecule has 144 valence electrons. The van der Waals surface area contributed by atoms with E-state index in [1.807, 2.05) is 50.7 Å². The molecular weight excluding hydrogens is 356 g/mol. The number of aryl methyl sites for hydroxylation is 2. The quantitative estimate of drug-likeness (QED) is 0.796. The van der Waals surface area contributed by atoms with Crippen molar-refractivity contribution < 1.29 is 9.53 Å². The number of anilines is 1. The summed E-state index contributed by atoms with van der Waals surface area (Å²) >= 11 is 2.02. The largest absolute Gasteiger partial charge is 0.494 e. The lowest BCUT2D eigenvalue weighted by molar-refractivity contribution is 0.102. The van der Waals surface area contributed by atoms with Gasteiger partial charge in [0.05, 0.1) is 6.61 Å². The van der Waals surface area contributed by atoms with Gasteiger partial charge in [0.15, 0.2) is 0 Å². The van der Waals surface area contributed by atoms with E-state index in [1.54, 1.807) is 0 Å². The lowest BCUT2D eigenvalue weighted by atomic mass is 10.1. The van der Waals surface area contributed by atoms with E-state index in [-0.39, 0.29) is 5.91 Å². The molecule has 1 aliphatic rings. The summed E-state index contributed by atoms with van der Waals surface area (Å²) in [4.78, 5) is 15.2. The van der Waals surface area contributed by atoms with Crippen LogP contribution in [0.1, 0.15) is 34.0 Å². The van der Waals surface area contributed by atoms with Crippen molar-refractivity contribution in [3.63, 3.8) is 0 Å². The van der Waals surface area contributed by atoms with Crippen molar-refractivity contribution >= 4 is 23.4 Å². The van der Waals surface area contributed by atoms with Crippen molar-refractivity contribution in [3.05, 3.63) is 58.7 Å². The third-order valence-electron chi connectivity index (χ3n) is 4.80. The fourth-order valence-electron chi connectivity index (χ4n) is 3.22. The molecule has 1 amide bonds. The Balaban J connectivity index is 1.71. The first-order chi connectivity index (χ1) is 13.1. The summed E-state index contributed by atoms with van der Waals surface area (Å²) in [7, 11) is 0. The van der Waals surface area contributed by atoms with Crippen LogP contribution in [-0.4, -0.2) is 42.0 Å². The van der Waals surface area contributed by atoms with Gasteiger partial charge in [-0.1, -0.05) is 12.1 Å². The van der Waals surface area contributed by atoms with Crippen LogP contribution in [0.3, 0.4) is 0 Å². The smallest absolute Gasteiger partial charge is 0.255 e. The second kappa shape index (κ2) is 9.29. The molecule has 5 heteroatoms. The van der Waals surface area contributed by atoms with E-state index >= 15 is 0 Å². The van der Waals surface area contributed by atoms with Gasteiger partial charge in [-0.3, -0.25) is 9.69 Å². The Bertz CT molecular complexity index is 801. The van der Waals surface area contributed by atoms with E-state index in [1.165, 1.54) is 17.1 Å². The molecular formula is C22H28N2O2S. The molecule has 0 spiro atoms. The van der Waals surface area contributed by atoms with Crippen LogP contribution in [0.15, 0.2) is 36.4 Å². The average Bonchev–Trinajstić information content (AvgIpc) is 2.67. The molecule has 2 aromatic rings. The molecule has 0 radical (unpaired) electrons. The van der Waals surface area contributed by atoms with Crippen LogP contribution in [0.4, 0.5) is 5.69 Å². The molecule has 3 rings (SSSR count). The van der Waals surface area contributed by atoms with Crippen LogP contribution >= 0.6 is 11.8 Å². The third-order valence-corrected chi connectivity index (χ3v) is 5.74. The SMILES string of the molecule is CCOc1ccc(C(=O)Nc2cc(CN3CCSCC3)ccc2C)cc1C. The van der Waals surface area contributed by atoms with Crippen molar-refractivity contribution in [1.29, 1.82) is 0 Å². The lowest BCUT2D eigenvalue weighted by Crippen LogP contribution is -2.32. The standard InChI is InChI=1S/C22H28N2O2S/c1-4-26-21-8-7-19(13-17(21)3)22(25)23-20-14-18(6-5-16(20)2)15-24-9-11-27-12-10-24/h5-8,13-14H,4,9-12,15H2,1-3H3,(H,23,25). The van der Waals surface area contributed by atoms with Crippen molar-refractivity contribution in [2.45, 2.75) is 27.3 Å². The highest BCUT2D eigenvalue weighted by Gasteiger charge is 2.13. The molecule has 1 N–H and O–H groups in total. The number of amides is 1. The van der Waals surface area contributed by atoms with Crippen molar-refractivity contribution in [2.75, 3.05) is 36.5 Å². The lowest BCUT2D eigenvalue weighted by Gasteiger charge is -2.26. The highest BCUT2D eigenvalue weighted by atomic mass is 32.2. The molecule has 0 unspecified atom stereocenters. The number of nitrogens with zero attached hydrogens (tertiary/aromatic N) is 1. The summed E-state index contributed by atoms with van der Waals surface area (Å²) in [5, 5.41) is 3.08. The molecule has 4 nitrogen and oxygen atoms in total. The number of carbonyl (C=O) groups is 1. The van der Waals surface area contributed by atoms with Crippen LogP contribution < -0.4 is 10.1 Å². The number of benzene rings is 2. The van der Waals surface area contributed by atoms with E-state index in [0.29, 0.717) is 12.2 Å². The zero-order valence-corrected chi connectivity index (χ0v) is 17.2. The number of rotatable bonds is 6. The second-order valence-corrected chi connectivity index (χ2v) is 8.13. The van der Waals surface area contributed by atoms with Gasteiger partial charge in [0.25, 0.3) is 5.91 Å². The third kappa shape index (κ3) is 5.27. The molecule has 0 bridgehead atoms. The summed E-state index contributed by atoms with van der Waals surface area (Å²) in [5.74, 6) is 3.14. The Kier molecular flexibility index (Phi) is 6.80. The van der Waals surface area contributed by atoms with E-state index in [2.05, 4.69) is 28.4 Å². The predicted molar refractivity (Wildman–Crippen MR) is 114 cm³/mol. The van der Waals surface area contributed by atoms with Crippen LogP contribution in [0.5, 0.6) is 5.75 Å². The fourth-order valence-corrected chi connectivity index (χ4v) is 4.20. The van der Waals surface area contributed by atoms with E-state index < -0.39 is 0 Å². The number of ether oxygens (including phenoxy) is 1. The minimum Gasteiger partial charge on any atom is -0.494 e. The van der Waals surface area contributed by atoms with Gasteiger partial charge in [-0.25, -0.2) is 0 Å². The topological polar surface area (TPSA) is 41.6 Å². The molecule has 0 saturated carbocycles. The molecule has 1 saturated heterocycles. The summed E-state index contributed by atoms with van der Waals surface area (Å²) in [6.45, 7) is 9.76. The Labute approximate surface area is 166 Å². The van der Waals surface area contributed by atoms with E-state index in [0.717, 1.165) is 42.2 Å². The highest BCUT2D eigenvalue weighted by molar-refractivity contribution is 7.99. The summed E-state index contributed by atoms with van der Waals surface area (Å²) in [6.07, 6.45) is 0. The number of nitrogens with one attached hydrogen (secondary N) is 1. The minimum absolute atomic E-state index is 0.0872. The first-order valence-electron chi connectivity index (χ1n) is 9.51. The molecule has 1 aliphatic heterocycles. The summed E-state index contributed by atoms with van der Waals surface area (Å²) < 4.78 is 5.56. The van der Waals surface area contributed by atoms with Gasteiger partial charge in [-0.05, 0) is 61.7 Å². The first kappa shape index (κ1) is 19.8. The van der Waals surface area contributed by atoms with Crippen molar-refractivity contribution in [3.8, 4) is 5.75 Å². The van der Waals surface area contributed by atoms with Crippen LogP contribution in [0.25, 0.3) is 0 Å². The second-order valence-electron chi connectivity index (χ2n) is 6.91. The van der Waals surface area contributed by atoms with Crippen LogP contribution in [0.2, 0.25) is 0 Å². The van der Waals surface area contributed by atoms with Crippen molar-refractivity contribution in [2.24, 2.45) is 0 Å². The Morgan fingerprint density at radius 1 is 1.11 bits per heavy atom. The molecule has 1 heterocycles. The van der Waals surface area contributed by atoms with Gasteiger partial charge >= 0.3 is 0 Å². The minimum atomic E-state index is -0.0872. The molecule has 0 aromatic heterocycles. The zero-order chi connectivity index (χ0) is 19.2. The van der Waals surface area contributed by atoms with Gasteiger partial charge < -0.3 is 10.1 Å². The predicted octanol–water partition coefficient (Wildman–Crippen LogP) is 4.50. The summed E-state index contributed by atoms with van der Waals surface area (Å²) in [6, 6.07) is 11.9. The maximum absolute atomic E-state index is 12.7. The maximum atomic E-state index is 12.7. The van der Waals surface area contributed by atoms with Gasteiger partial charge in [-0.2, -0.15) is 11.8 Å². The van der Waals surface area contributed by atoms with Crippen LogP contribution in [-0.2, 0) is 6.54 Å². The zero-order valence-electron chi connectivity index (χ0n) is 16.4. The highest BCUT2D eigenvalue weighted by Crippen LogP contribution is 2.23. The number of carbonyl (C=O) groups excluding carboxylic acids is 1. The Morgan fingerprint density at radius 3 is 2.59 bits per heavy atom. The Hall–Kier alpha value is -1.98. The maximum Gasteiger partial charge on any atom is 0.255 e. The van der Waals surface area contributed by atoms with Gasteiger partial charge in [0.1, 0.15) is 5.75 Å². The molecule has 0 atom stereocenters. The summed E-state index contributed by atoms with van der Waals surface area (Å²) in [5.41, 5.74) is 4.82. The fraction of sp³-hybridized carbons (Fsp3) is 0.409. The molecule has 2 aromatic carbocycles. The monoisotopic (exact) mass is 384 g/mol. The number of thioether (sulfide) groups is 1. The molecule has 27 heavy (non-hydrogen) atoms. The van der Waals surface area contributed by atoms with Crippen molar-refractivity contribution in [1.82, 2.24) is 4.90 Å². The average molecular weight is 385 g/mol. The number of hydrogen-bond donors (Lipinski definition) is 1. The number of hydrogen-bond acceptors (Lipinski definition) is 4. The molecule has 0 aliphatic carbocycles. The van der Waals surface area contributed by atoms with E-state index in [4.69, 9.17) is 4.74 Å². The van der Waals surface area contributed by atoms with Crippen LogP contribution in [0, 0.1) is 13.8 Å².